The Kier molecular flexibility index (Phi) is 3.36. The van der Waals surface area contributed by atoms with Crippen molar-refractivity contribution in [3.05, 3.63) is 0 Å². The fourth-order valence-electron chi connectivity index (χ4n) is 2.85. The summed E-state index contributed by atoms with van der Waals surface area (Å²) in [6, 6.07) is 0.616. The van der Waals surface area contributed by atoms with Gasteiger partial charge in [-0.1, -0.05) is 41.5 Å². The SMILES string of the molecule is CN(C)C(C(C)(C)C)C(C)(C)C. The van der Waals surface area contributed by atoms with E-state index in [1.165, 1.54) is 0 Å². The molecule has 0 aliphatic carbocycles. The lowest BCUT2D eigenvalue weighted by atomic mass is 9.71. The zero-order chi connectivity index (χ0) is 10.2. The maximum absolute atomic E-state index is 2.33. The maximum atomic E-state index is 2.33. The van der Waals surface area contributed by atoms with Crippen LogP contribution in [-0.2, 0) is 0 Å². The molecule has 0 heterocycles. The molecule has 0 atom stereocenters. The molecule has 0 rings (SSSR count). The molecular formula is C11H25N. The number of hydrogen-bond acceptors (Lipinski definition) is 1. The minimum atomic E-state index is 0.349. The molecule has 0 aliphatic heterocycles. The molecular weight excluding hydrogens is 146 g/mol. The lowest BCUT2D eigenvalue weighted by Crippen LogP contribution is -2.48. The van der Waals surface area contributed by atoms with Gasteiger partial charge in [0.15, 0.2) is 0 Å². The van der Waals surface area contributed by atoms with Gasteiger partial charge < -0.3 is 4.90 Å². The van der Waals surface area contributed by atoms with Crippen LogP contribution >= 0.6 is 0 Å². The number of rotatable bonds is 1. The zero-order valence-electron chi connectivity index (χ0n) is 10.0. The smallest absolute Gasteiger partial charge is 0.0186 e. The summed E-state index contributed by atoms with van der Waals surface area (Å²) >= 11 is 0. The first kappa shape index (κ1) is 12.0. The molecule has 0 saturated carbocycles. The highest BCUT2D eigenvalue weighted by Gasteiger charge is 2.36. The van der Waals surface area contributed by atoms with Crippen molar-refractivity contribution in [2.24, 2.45) is 10.8 Å². The largest absolute Gasteiger partial charge is 0.305 e. The summed E-state index contributed by atoms with van der Waals surface area (Å²) in [5, 5.41) is 0. The molecule has 0 aromatic carbocycles. The van der Waals surface area contributed by atoms with E-state index in [1.807, 2.05) is 0 Å². The standard InChI is InChI=1S/C11H25N/c1-10(2,3)9(12(7)8)11(4,5)6/h9H,1-8H3. The van der Waals surface area contributed by atoms with Crippen molar-refractivity contribution in [2.45, 2.75) is 47.6 Å². The molecule has 0 aromatic heterocycles. The van der Waals surface area contributed by atoms with Gasteiger partial charge in [0, 0.05) is 6.04 Å². The summed E-state index contributed by atoms with van der Waals surface area (Å²) in [6.07, 6.45) is 0. The summed E-state index contributed by atoms with van der Waals surface area (Å²) in [5.74, 6) is 0. The lowest BCUT2D eigenvalue weighted by molar-refractivity contribution is 0.0525. The van der Waals surface area contributed by atoms with E-state index in [4.69, 9.17) is 0 Å². The first-order valence-electron chi connectivity index (χ1n) is 4.73. The van der Waals surface area contributed by atoms with Gasteiger partial charge in [-0.05, 0) is 24.9 Å². The van der Waals surface area contributed by atoms with Crippen molar-refractivity contribution in [2.75, 3.05) is 14.1 Å². The Labute approximate surface area is 78.1 Å². The summed E-state index contributed by atoms with van der Waals surface area (Å²) in [4.78, 5) is 2.33. The molecule has 74 valence electrons. The second kappa shape index (κ2) is 3.37. The highest BCUT2D eigenvalue weighted by Crippen LogP contribution is 2.36. The third-order valence-electron chi connectivity index (χ3n) is 2.16. The Balaban J connectivity index is 4.70. The molecule has 0 spiro atoms. The third kappa shape index (κ3) is 3.14. The lowest BCUT2D eigenvalue weighted by Gasteiger charge is -2.45. The van der Waals surface area contributed by atoms with Crippen LogP contribution in [0.5, 0.6) is 0 Å². The molecule has 1 nitrogen and oxygen atoms in total. The van der Waals surface area contributed by atoms with Crippen molar-refractivity contribution >= 4 is 0 Å². The Hall–Kier alpha value is -0.0400. The van der Waals surface area contributed by atoms with E-state index in [-0.39, 0.29) is 0 Å². The van der Waals surface area contributed by atoms with E-state index in [9.17, 15) is 0 Å². The van der Waals surface area contributed by atoms with Crippen molar-refractivity contribution in [1.29, 1.82) is 0 Å². The van der Waals surface area contributed by atoms with Gasteiger partial charge >= 0.3 is 0 Å². The molecule has 0 N–H and O–H groups in total. The normalized spacial score (nSPS) is 14.5. The van der Waals surface area contributed by atoms with E-state index in [0.29, 0.717) is 16.9 Å². The number of nitrogens with zero attached hydrogens (tertiary/aromatic N) is 1. The van der Waals surface area contributed by atoms with Gasteiger partial charge in [-0.3, -0.25) is 0 Å². The van der Waals surface area contributed by atoms with Crippen LogP contribution in [0.4, 0.5) is 0 Å². The van der Waals surface area contributed by atoms with Crippen molar-refractivity contribution in [3.63, 3.8) is 0 Å². The van der Waals surface area contributed by atoms with Crippen LogP contribution in [0.15, 0.2) is 0 Å². The Bertz CT molecular complexity index is 120. The third-order valence-corrected chi connectivity index (χ3v) is 2.16. The van der Waals surface area contributed by atoms with Crippen molar-refractivity contribution < 1.29 is 0 Å². The average Bonchev–Trinajstić information content (AvgIpc) is 1.49. The van der Waals surface area contributed by atoms with Gasteiger partial charge in [0.25, 0.3) is 0 Å². The zero-order valence-corrected chi connectivity index (χ0v) is 10.0. The minimum Gasteiger partial charge on any atom is -0.305 e. The van der Waals surface area contributed by atoms with E-state index in [1.54, 1.807) is 0 Å². The molecule has 12 heavy (non-hydrogen) atoms. The van der Waals surface area contributed by atoms with Crippen LogP contribution < -0.4 is 0 Å². The Morgan fingerprint density at radius 1 is 0.750 bits per heavy atom. The Morgan fingerprint density at radius 3 is 1.00 bits per heavy atom. The highest BCUT2D eigenvalue weighted by molar-refractivity contribution is 4.89. The molecule has 0 unspecified atom stereocenters. The topological polar surface area (TPSA) is 3.24 Å². The van der Waals surface area contributed by atoms with Gasteiger partial charge in [-0.2, -0.15) is 0 Å². The maximum Gasteiger partial charge on any atom is 0.0186 e. The van der Waals surface area contributed by atoms with E-state index < -0.39 is 0 Å². The van der Waals surface area contributed by atoms with Crippen LogP contribution in [0, 0.1) is 10.8 Å². The molecule has 0 fully saturated rings. The van der Waals surface area contributed by atoms with E-state index in [0.717, 1.165) is 0 Å². The molecule has 0 aliphatic rings. The molecule has 0 saturated heterocycles. The average molecular weight is 171 g/mol. The molecule has 0 amide bonds. The van der Waals surface area contributed by atoms with Gasteiger partial charge in [0.2, 0.25) is 0 Å². The van der Waals surface area contributed by atoms with Gasteiger partial charge in [-0.25, -0.2) is 0 Å². The van der Waals surface area contributed by atoms with Gasteiger partial charge in [0.1, 0.15) is 0 Å². The Morgan fingerprint density at radius 2 is 1.00 bits per heavy atom. The van der Waals surface area contributed by atoms with Gasteiger partial charge in [0.05, 0.1) is 0 Å². The molecule has 0 aromatic rings. The molecule has 1 heteroatoms. The monoisotopic (exact) mass is 171 g/mol. The van der Waals surface area contributed by atoms with Crippen LogP contribution in [-0.4, -0.2) is 25.0 Å². The summed E-state index contributed by atoms with van der Waals surface area (Å²) < 4.78 is 0. The second-order valence-electron chi connectivity index (χ2n) is 6.10. The molecule has 0 radical (unpaired) electrons. The second-order valence-corrected chi connectivity index (χ2v) is 6.10. The van der Waals surface area contributed by atoms with Gasteiger partial charge in [-0.15, -0.1) is 0 Å². The molecule has 0 bridgehead atoms. The van der Waals surface area contributed by atoms with Crippen molar-refractivity contribution in [1.82, 2.24) is 4.90 Å². The highest BCUT2D eigenvalue weighted by atomic mass is 15.1. The number of hydrogen-bond donors (Lipinski definition) is 0. The van der Waals surface area contributed by atoms with E-state index >= 15 is 0 Å². The minimum absolute atomic E-state index is 0.349. The first-order valence-corrected chi connectivity index (χ1v) is 4.73. The first-order chi connectivity index (χ1) is 5.07. The quantitative estimate of drug-likeness (QED) is 0.586. The summed E-state index contributed by atoms with van der Waals surface area (Å²) in [7, 11) is 4.34. The van der Waals surface area contributed by atoms with Crippen LogP contribution in [0.1, 0.15) is 41.5 Å². The predicted octanol–water partition coefficient (Wildman–Crippen LogP) is 3.01. The summed E-state index contributed by atoms with van der Waals surface area (Å²) in [5.41, 5.74) is 0.698. The van der Waals surface area contributed by atoms with Crippen LogP contribution in [0.2, 0.25) is 0 Å². The van der Waals surface area contributed by atoms with Crippen LogP contribution in [0.25, 0.3) is 0 Å². The van der Waals surface area contributed by atoms with Crippen molar-refractivity contribution in [3.8, 4) is 0 Å². The van der Waals surface area contributed by atoms with Crippen LogP contribution in [0.3, 0.4) is 0 Å². The summed E-state index contributed by atoms with van der Waals surface area (Å²) in [6.45, 7) is 13.9. The fraction of sp³-hybridized carbons (Fsp3) is 1.00. The van der Waals surface area contributed by atoms with E-state index in [2.05, 4.69) is 60.5 Å². The predicted molar refractivity (Wildman–Crippen MR) is 56.4 cm³/mol. The fourth-order valence-corrected chi connectivity index (χ4v) is 2.85.